The predicted molar refractivity (Wildman–Crippen MR) is 106 cm³/mol. The summed E-state index contributed by atoms with van der Waals surface area (Å²) in [5.41, 5.74) is 0.667. The summed E-state index contributed by atoms with van der Waals surface area (Å²) >= 11 is 0. The number of anilines is 1. The van der Waals surface area contributed by atoms with Crippen molar-refractivity contribution < 1.29 is 24.1 Å². The van der Waals surface area contributed by atoms with Crippen LogP contribution in [0.5, 0.6) is 11.5 Å². The molecule has 1 aromatic carbocycles. The van der Waals surface area contributed by atoms with Gasteiger partial charge in [0.25, 0.3) is 5.91 Å². The first-order valence-corrected chi connectivity index (χ1v) is 10.3. The van der Waals surface area contributed by atoms with Gasteiger partial charge in [0.1, 0.15) is 11.5 Å². The number of amides is 1. The smallest absolute Gasteiger partial charge is 0.282 e. The topological polar surface area (TPSA) is 56.4 Å². The Hall–Kier alpha value is -1.79. The highest BCUT2D eigenvalue weighted by Crippen LogP contribution is 2.28. The van der Waals surface area contributed by atoms with Crippen LogP contribution in [0.25, 0.3) is 0 Å². The lowest BCUT2D eigenvalue weighted by Crippen LogP contribution is -3.22. The van der Waals surface area contributed by atoms with Crippen molar-refractivity contribution in [3.63, 3.8) is 0 Å². The van der Waals surface area contributed by atoms with Gasteiger partial charge in [-0.25, -0.2) is 0 Å². The molecule has 1 aromatic rings. The summed E-state index contributed by atoms with van der Waals surface area (Å²) in [6, 6.07) is 6.18. The number of carbonyl (C=O) groups is 1. The molecular weight excluding hydrogens is 342 g/mol. The fourth-order valence-corrected chi connectivity index (χ4v) is 4.58. The van der Waals surface area contributed by atoms with E-state index in [1.54, 1.807) is 19.1 Å². The molecule has 2 fully saturated rings. The van der Waals surface area contributed by atoms with E-state index in [2.05, 4.69) is 5.32 Å². The van der Waals surface area contributed by atoms with Crippen LogP contribution in [0.2, 0.25) is 0 Å². The zero-order valence-corrected chi connectivity index (χ0v) is 17.0. The van der Waals surface area contributed by atoms with Gasteiger partial charge in [-0.2, -0.15) is 0 Å². The molecule has 3 N–H and O–H groups in total. The van der Waals surface area contributed by atoms with Gasteiger partial charge in [-0.05, 0) is 38.3 Å². The molecule has 6 nitrogen and oxygen atoms in total. The maximum atomic E-state index is 12.8. The van der Waals surface area contributed by atoms with Crippen LogP contribution in [0, 0.1) is 0 Å². The molecule has 27 heavy (non-hydrogen) atoms. The lowest BCUT2D eigenvalue weighted by atomic mass is 9.99. The molecule has 3 rings (SSSR count). The molecule has 0 saturated carbocycles. The van der Waals surface area contributed by atoms with Crippen molar-refractivity contribution in [1.29, 1.82) is 0 Å². The minimum absolute atomic E-state index is 0.0420. The first kappa shape index (κ1) is 20.0. The van der Waals surface area contributed by atoms with Gasteiger partial charge < -0.3 is 24.6 Å². The lowest BCUT2D eigenvalue weighted by molar-refractivity contribution is -0.965. The van der Waals surface area contributed by atoms with E-state index < -0.39 is 0 Å². The number of piperidine rings is 2. The maximum Gasteiger partial charge on any atom is 0.282 e. The summed E-state index contributed by atoms with van der Waals surface area (Å²) in [5, 5.41) is 3.04. The Labute approximate surface area is 162 Å². The van der Waals surface area contributed by atoms with Crippen molar-refractivity contribution >= 4 is 11.6 Å². The fraction of sp³-hybridized carbons (Fsp3) is 0.667. The number of methoxy groups -OCH3 is 2. The van der Waals surface area contributed by atoms with E-state index in [9.17, 15) is 4.79 Å². The molecule has 1 amide bonds. The number of hydrogen-bond donors (Lipinski definition) is 3. The third kappa shape index (κ3) is 4.93. The van der Waals surface area contributed by atoms with Crippen LogP contribution in [0.3, 0.4) is 0 Å². The first-order chi connectivity index (χ1) is 13.1. The summed E-state index contributed by atoms with van der Waals surface area (Å²) in [4.78, 5) is 16.0. The van der Waals surface area contributed by atoms with Gasteiger partial charge in [0.2, 0.25) is 0 Å². The molecule has 2 heterocycles. The summed E-state index contributed by atoms with van der Waals surface area (Å²) in [6.45, 7) is 6.87. The van der Waals surface area contributed by atoms with Gasteiger partial charge in [-0.15, -0.1) is 0 Å². The third-order valence-electron chi connectivity index (χ3n) is 6.37. The monoisotopic (exact) mass is 377 g/mol. The SMILES string of the molecule is COc1ccc(OC)c(NC(=O)[C@@H](C)[NH+]2CCC([NH+]3CCCCC3)CC2)c1. The molecule has 0 spiro atoms. The summed E-state index contributed by atoms with van der Waals surface area (Å²) in [7, 11) is 3.23. The molecule has 2 saturated heterocycles. The van der Waals surface area contributed by atoms with Crippen LogP contribution >= 0.6 is 0 Å². The van der Waals surface area contributed by atoms with E-state index in [-0.39, 0.29) is 11.9 Å². The third-order valence-corrected chi connectivity index (χ3v) is 6.37. The van der Waals surface area contributed by atoms with Crippen molar-refractivity contribution in [3.05, 3.63) is 18.2 Å². The van der Waals surface area contributed by atoms with Crippen LogP contribution in [0.1, 0.15) is 39.0 Å². The molecule has 2 aliphatic heterocycles. The summed E-state index contributed by atoms with van der Waals surface area (Å²) < 4.78 is 10.6. The van der Waals surface area contributed by atoms with Gasteiger partial charge in [-0.3, -0.25) is 4.79 Å². The number of hydrogen-bond acceptors (Lipinski definition) is 3. The standard InChI is InChI=1S/C21H33N3O3/c1-16(21(25)22-19-15-18(26-2)7-8-20(19)27-3)23-13-9-17(10-14-23)24-11-5-4-6-12-24/h7-8,15-17H,4-6,9-14H2,1-3H3,(H,22,25)/p+2/t16-/m1/s1. The summed E-state index contributed by atoms with van der Waals surface area (Å²) in [5.74, 6) is 1.40. The van der Waals surface area contributed by atoms with Crippen molar-refractivity contribution in [1.82, 2.24) is 0 Å². The van der Waals surface area contributed by atoms with E-state index in [1.807, 2.05) is 25.1 Å². The fourth-order valence-electron chi connectivity index (χ4n) is 4.58. The van der Waals surface area contributed by atoms with E-state index in [1.165, 1.54) is 50.1 Å². The highest BCUT2D eigenvalue weighted by Gasteiger charge is 2.35. The number of quaternary nitrogens is 2. The van der Waals surface area contributed by atoms with Crippen molar-refractivity contribution in [2.24, 2.45) is 0 Å². The van der Waals surface area contributed by atoms with Crippen molar-refractivity contribution in [2.45, 2.75) is 51.1 Å². The molecule has 0 bridgehead atoms. The van der Waals surface area contributed by atoms with Gasteiger partial charge >= 0.3 is 0 Å². The number of rotatable bonds is 6. The molecule has 0 radical (unpaired) electrons. The van der Waals surface area contributed by atoms with Crippen molar-refractivity contribution in [2.75, 3.05) is 45.7 Å². The second-order valence-corrected chi connectivity index (χ2v) is 7.93. The average Bonchev–Trinajstić information content (AvgIpc) is 2.73. The zero-order valence-electron chi connectivity index (χ0n) is 17.0. The zero-order chi connectivity index (χ0) is 19.2. The Morgan fingerprint density at radius 3 is 2.41 bits per heavy atom. The highest BCUT2D eigenvalue weighted by atomic mass is 16.5. The quantitative estimate of drug-likeness (QED) is 0.661. The molecule has 6 heteroatoms. The molecule has 0 unspecified atom stereocenters. The normalized spacial score (nSPS) is 24.9. The largest absolute Gasteiger partial charge is 0.497 e. The lowest BCUT2D eigenvalue weighted by Gasteiger charge is -2.37. The van der Waals surface area contributed by atoms with E-state index >= 15 is 0 Å². The molecule has 2 aliphatic rings. The Bertz CT molecular complexity index is 623. The second kappa shape index (κ2) is 9.42. The number of likely N-dealkylation sites (tertiary alicyclic amines) is 2. The number of ether oxygens (including phenoxy) is 2. The highest BCUT2D eigenvalue weighted by molar-refractivity contribution is 5.95. The van der Waals surface area contributed by atoms with E-state index in [4.69, 9.17) is 9.47 Å². The van der Waals surface area contributed by atoms with E-state index in [0.29, 0.717) is 17.2 Å². The predicted octanol–water partition coefficient (Wildman–Crippen LogP) is 0.147. The molecular formula is C21H35N3O3+2. The molecule has 150 valence electrons. The van der Waals surface area contributed by atoms with Crippen LogP contribution in [0.15, 0.2) is 18.2 Å². The minimum Gasteiger partial charge on any atom is -0.497 e. The Morgan fingerprint density at radius 1 is 1.07 bits per heavy atom. The van der Waals surface area contributed by atoms with E-state index in [0.717, 1.165) is 19.1 Å². The number of nitrogens with one attached hydrogen (secondary N) is 3. The van der Waals surface area contributed by atoms with Crippen molar-refractivity contribution in [3.8, 4) is 11.5 Å². The Balaban J connectivity index is 1.55. The van der Waals surface area contributed by atoms with Crippen LogP contribution in [0.4, 0.5) is 5.69 Å². The van der Waals surface area contributed by atoms with Gasteiger partial charge in [-0.1, -0.05) is 0 Å². The van der Waals surface area contributed by atoms with Crippen LogP contribution in [-0.2, 0) is 4.79 Å². The number of carbonyl (C=O) groups excluding carboxylic acids is 1. The molecule has 0 aromatic heterocycles. The van der Waals surface area contributed by atoms with Gasteiger partial charge in [0, 0.05) is 18.9 Å². The minimum atomic E-state index is -0.0711. The molecule has 1 atom stereocenters. The number of benzene rings is 1. The maximum absolute atomic E-state index is 12.8. The van der Waals surface area contributed by atoms with Gasteiger partial charge in [0.15, 0.2) is 6.04 Å². The Kier molecular flexibility index (Phi) is 6.96. The average molecular weight is 378 g/mol. The second-order valence-electron chi connectivity index (χ2n) is 7.93. The van der Waals surface area contributed by atoms with Gasteiger partial charge in [0.05, 0.1) is 52.1 Å². The first-order valence-electron chi connectivity index (χ1n) is 10.3. The van der Waals surface area contributed by atoms with Crippen LogP contribution in [-0.4, -0.2) is 58.4 Å². The molecule has 0 aliphatic carbocycles. The Morgan fingerprint density at radius 2 is 1.78 bits per heavy atom. The van der Waals surface area contributed by atoms with Crippen LogP contribution < -0.4 is 24.6 Å². The summed E-state index contributed by atoms with van der Waals surface area (Å²) in [6.07, 6.45) is 6.61.